The fourth-order valence-corrected chi connectivity index (χ4v) is 2.70. The second kappa shape index (κ2) is 9.31. The number of hydrogen-bond donors (Lipinski definition) is 2. The van der Waals surface area contributed by atoms with Crippen molar-refractivity contribution in [2.75, 3.05) is 17.2 Å². The third kappa shape index (κ3) is 5.91. The number of carbonyl (C=O) groups excluding carboxylic acids is 1. The van der Waals surface area contributed by atoms with Gasteiger partial charge in [-0.05, 0) is 35.9 Å². The molecule has 0 heterocycles. The van der Waals surface area contributed by atoms with Crippen LogP contribution < -0.4 is 15.4 Å². The molecule has 0 aliphatic carbocycles. The van der Waals surface area contributed by atoms with Crippen molar-refractivity contribution in [1.29, 1.82) is 0 Å². The minimum atomic E-state index is -0.191. The molecule has 0 fully saturated rings. The first-order chi connectivity index (χ1) is 13.1. The molecule has 6 heteroatoms. The average molecular weight is 401 g/mol. The molecule has 0 aromatic heterocycles. The molecule has 0 aliphatic rings. The fraction of sp³-hybridized carbons (Fsp3) is 0.0952. The van der Waals surface area contributed by atoms with Crippen molar-refractivity contribution >= 4 is 40.5 Å². The molecular weight excluding hydrogens is 383 g/mol. The van der Waals surface area contributed by atoms with Gasteiger partial charge >= 0.3 is 0 Å². The minimum Gasteiger partial charge on any atom is -0.489 e. The van der Waals surface area contributed by atoms with Gasteiger partial charge in [0.25, 0.3) is 0 Å². The molecule has 0 unspecified atom stereocenters. The Morgan fingerprint density at radius 3 is 2.44 bits per heavy atom. The molecule has 0 atom stereocenters. The number of ether oxygens (including phenoxy) is 1. The number of anilines is 2. The van der Waals surface area contributed by atoms with Crippen LogP contribution in [0.2, 0.25) is 10.0 Å². The number of amides is 1. The van der Waals surface area contributed by atoms with Gasteiger partial charge in [-0.3, -0.25) is 4.79 Å². The fourth-order valence-electron chi connectivity index (χ4n) is 2.40. The Morgan fingerprint density at radius 2 is 1.67 bits per heavy atom. The van der Waals surface area contributed by atoms with Crippen molar-refractivity contribution in [2.45, 2.75) is 6.61 Å². The standard InChI is InChI=1S/C21H18Cl2N2O2/c22-19-10-9-17(12-20(19)23)25-21(26)13-24-16-7-4-8-18(11-16)27-14-15-5-2-1-3-6-15/h1-12,24H,13-14H2,(H,25,26). The maximum Gasteiger partial charge on any atom is 0.243 e. The van der Waals surface area contributed by atoms with Crippen LogP contribution in [-0.2, 0) is 11.4 Å². The summed E-state index contributed by atoms with van der Waals surface area (Å²) in [7, 11) is 0. The Bertz CT molecular complexity index is 917. The molecule has 0 bridgehead atoms. The van der Waals surface area contributed by atoms with Crippen molar-refractivity contribution in [3.63, 3.8) is 0 Å². The van der Waals surface area contributed by atoms with Crippen LogP contribution in [0.5, 0.6) is 5.75 Å². The van der Waals surface area contributed by atoms with Crippen LogP contribution in [-0.4, -0.2) is 12.5 Å². The van der Waals surface area contributed by atoms with Gasteiger partial charge in [-0.1, -0.05) is 59.6 Å². The largest absolute Gasteiger partial charge is 0.489 e. The number of carbonyl (C=O) groups is 1. The number of hydrogen-bond acceptors (Lipinski definition) is 3. The van der Waals surface area contributed by atoms with Gasteiger partial charge in [0.05, 0.1) is 16.6 Å². The SMILES string of the molecule is O=C(CNc1cccc(OCc2ccccc2)c1)Nc1ccc(Cl)c(Cl)c1. The van der Waals surface area contributed by atoms with E-state index < -0.39 is 0 Å². The average Bonchev–Trinajstić information content (AvgIpc) is 2.69. The zero-order chi connectivity index (χ0) is 19.1. The molecule has 0 aliphatic heterocycles. The summed E-state index contributed by atoms with van der Waals surface area (Å²) in [5.41, 5.74) is 2.48. The summed E-state index contributed by atoms with van der Waals surface area (Å²) in [5.74, 6) is 0.540. The van der Waals surface area contributed by atoms with Gasteiger partial charge in [-0.25, -0.2) is 0 Å². The van der Waals surface area contributed by atoms with Gasteiger partial charge in [-0.2, -0.15) is 0 Å². The molecule has 0 saturated heterocycles. The highest BCUT2D eigenvalue weighted by Crippen LogP contribution is 2.25. The van der Waals surface area contributed by atoms with E-state index in [-0.39, 0.29) is 12.5 Å². The molecule has 3 aromatic carbocycles. The summed E-state index contributed by atoms with van der Waals surface area (Å²) in [4.78, 5) is 12.1. The van der Waals surface area contributed by atoms with Gasteiger partial charge < -0.3 is 15.4 Å². The summed E-state index contributed by atoms with van der Waals surface area (Å²) in [5, 5.41) is 6.68. The first kappa shape index (κ1) is 19.1. The third-order valence-corrected chi connectivity index (χ3v) is 4.48. The van der Waals surface area contributed by atoms with E-state index in [9.17, 15) is 4.79 Å². The Labute approximate surface area is 168 Å². The lowest BCUT2D eigenvalue weighted by Crippen LogP contribution is -2.21. The summed E-state index contributed by atoms with van der Waals surface area (Å²) in [6.07, 6.45) is 0. The molecule has 138 valence electrons. The van der Waals surface area contributed by atoms with Crippen LogP contribution in [0.25, 0.3) is 0 Å². The van der Waals surface area contributed by atoms with E-state index >= 15 is 0 Å². The highest BCUT2D eigenvalue weighted by atomic mass is 35.5. The monoisotopic (exact) mass is 400 g/mol. The third-order valence-electron chi connectivity index (χ3n) is 3.74. The maximum atomic E-state index is 12.1. The maximum absolute atomic E-state index is 12.1. The zero-order valence-electron chi connectivity index (χ0n) is 14.4. The Kier molecular flexibility index (Phi) is 6.58. The van der Waals surface area contributed by atoms with Crippen LogP contribution in [0, 0.1) is 0 Å². The molecule has 0 spiro atoms. The lowest BCUT2D eigenvalue weighted by atomic mass is 10.2. The molecule has 0 radical (unpaired) electrons. The van der Waals surface area contributed by atoms with Crippen LogP contribution in [0.4, 0.5) is 11.4 Å². The lowest BCUT2D eigenvalue weighted by Gasteiger charge is -2.11. The highest BCUT2D eigenvalue weighted by molar-refractivity contribution is 6.42. The van der Waals surface area contributed by atoms with E-state index in [1.54, 1.807) is 18.2 Å². The second-order valence-electron chi connectivity index (χ2n) is 5.83. The molecular formula is C21H18Cl2N2O2. The summed E-state index contributed by atoms with van der Waals surface area (Å²) in [6.45, 7) is 0.602. The smallest absolute Gasteiger partial charge is 0.243 e. The predicted octanol–water partition coefficient (Wildman–Crippen LogP) is 5.62. The van der Waals surface area contributed by atoms with Gasteiger partial charge in [0.1, 0.15) is 12.4 Å². The quantitative estimate of drug-likeness (QED) is 0.540. The predicted molar refractivity (Wildman–Crippen MR) is 111 cm³/mol. The van der Waals surface area contributed by atoms with Crippen molar-refractivity contribution in [2.24, 2.45) is 0 Å². The molecule has 1 amide bonds. The molecule has 3 rings (SSSR count). The van der Waals surface area contributed by atoms with E-state index in [1.807, 2.05) is 54.6 Å². The van der Waals surface area contributed by atoms with E-state index in [2.05, 4.69) is 10.6 Å². The summed E-state index contributed by atoms with van der Waals surface area (Å²) >= 11 is 11.8. The van der Waals surface area contributed by atoms with Crippen LogP contribution in [0.1, 0.15) is 5.56 Å². The van der Waals surface area contributed by atoms with Crippen molar-refractivity contribution in [1.82, 2.24) is 0 Å². The Morgan fingerprint density at radius 1 is 0.852 bits per heavy atom. The Balaban J connectivity index is 1.51. The minimum absolute atomic E-state index is 0.113. The summed E-state index contributed by atoms with van der Waals surface area (Å²) < 4.78 is 5.79. The number of halogens is 2. The molecule has 3 aromatic rings. The number of benzene rings is 3. The lowest BCUT2D eigenvalue weighted by molar-refractivity contribution is -0.114. The second-order valence-corrected chi connectivity index (χ2v) is 6.65. The first-order valence-corrected chi connectivity index (χ1v) is 9.11. The zero-order valence-corrected chi connectivity index (χ0v) is 15.9. The van der Waals surface area contributed by atoms with Gasteiger partial charge in [0.2, 0.25) is 5.91 Å². The summed E-state index contributed by atoms with van der Waals surface area (Å²) in [6, 6.07) is 22.4. The highest BCUT2D eigenvalue weighted by Gasteiger charge is 2.05. The van der Waals surface area contributed by atoms with Gasteiger partial charge in [0.15, 0.2) is 0 Å². The molecule has 0 saturated carbocycles. The first-order valence-electron chi connectivity index (χ1n) is 8.36. The van der Waals surface area contributed by atoms with Crippen molar-refractivity contribution in [3.8, 4) is 5.75 Å². The van der Waals surface area contributed by atoms with E-state index in [0.29, 0.717) is 22.3 Å². The number of rotatable bonds is 7. The topological polar surface area (TPSA) is 50.4 Å². The van der Waals surface area contributed by atoms with Gasteiger partial charge in [0, 0.05) is 17.4 Å². The van der Waals surface area contributed by atoms with Crippen molar-refractivity contribution < 1.29 is 9.53 Å². The van der Waals surface area contributed by atoms with E-state index in [4.69, 9.17) is 27.9 Å². The number of nitrogens with one attached hydrogen (secondary N) is 2. The molecule has 2 N–H and O–H groups in total. The Hall–Kier alpha value is -2.69. The van der Waals surface area contributed by atoms with Gasteiger partial charge in [-0.15, -0.1) is 0 Å². The molecule has 27 heavy (non-hydrogen) atoms. The molecule has 4 nitrogen and oxygen atoms in total. The van der Waals surface area contributed by atoms with Crippen LogP contribution >= 0.6 is 23.2 Å². The van der Waals surface area contributed by atoms with Crippen LogP contribution in [0.15, 0.2) is 72.8 Å². The van der Waals surface area contributed by atoms with Crippen molar-refractivity contribution in [3.05, 3.63) is 88.4 Å². The van der Waals surface area contributed by atoms with E-state index in [1.165, 1.54) is 0 Å². The normalized spacial score (nSPS) is 10.3. The van der Waals surface area contributed by atoms with E-state index in [0.717, 1.165) is 17.0 Å². The van der Waals surface area contributed by atoms with Crippen LogP contribution in [0.3, 0.4) is 0 Å².